The summed E-state index contributed by atoms with van der Waals surface area (Å²) in [6, 6.07) is 0. The zero-order chi connectivity index (χ0) is 6.15. The highest BCUT2D eigenvalue weighted by molar-refractivity contribution is 5.93. The van der Waals surface area contributed by atoms with E-state index in [0.717, 1.165) is 0 Å². The van der Waals surface area contributed by atoms with Gasteiger partial charge in [-0.3, -0.25) is 4.79 Å². The van der Waals surface area contributed by atoms with Gasteiger partial charge in [0, 0.05) is 7.05 Å². The van der Waals surface area contributed by atoms with Crippen molar-refractivity contribution in [3.63, 3.8) is 0 Å². The molecule has 0 unspecified atom stereocenters. The van der Waals surface area contributed by atoms with E-state index in [1.807, 2.05) is 0 Å². The summed E-state index contributed by atoms with van der Waals surface area (Å²) >= 11 is 0. The van der Waals surface area contributed by atoms with Gasteiger partial charge in [0.05, 0.1) is 12.4 Å². The molecular formula is C5H8N2O. The number of carbonyl (C=O) groups excluding carboxylic acids is 1. The maximum Gasteiger partial charge on any atom is 0.270 e. The smallest absolute Gasteiger partial charge is 0.270 e. The molecule has 3 heteroatoms. The van der Waals surface area contributed by atoms with E-state index >= 15 is 0 Å². The highest BCUT2D eigenvalue weighted by Crippen LogP contribution is 1.99. The van der Waals surface area contributed by atoms with Gasteiger partial charge in [-0.1, -0.05) is 6.58 Å². The third-order valence-electron chi connectivity index (χ3n) is 1.13. The van der Waals surface area contributed by atoms with Gasteiger partial charge in [0.25, 0.3) is 5.91 Å². The van der Waals surface area contributed by atoms with Gasteiger partial charge in [-0.2, -0.15) is 0 Å². The summed E-state index contributed by atoms with van der Waals surface area (Å²) in [5, 5.41) is 2.80. The molecule has 1 rings (SSSR count). The highest BCUT2D eigenvalue weighted by Gasteiger charge is 2.18. The molecule has 1 fully saturated rings. The predicted octanol–water partition coefficient (Wildman–Crippen LogP) is -0.481. The fraction of sp³-hybridized carbons (Fsp3) is 0.400. The average molecular weight is 112 g/mol. The fourth-order valence-corrected chi connectivity index (χ4v) is 0.592. The molecule has 0 aromatic heterocycles. The Morgan fingerprint density at radius 2 is 2.50 bits per heavy atom. The number of nitrogens with one attached hydrogen (secondary N) is 1. The minimum Gasteiger partial charge on any atom is -0.364 e. The SMILES string of the molecule is C=C1NCN(C)C1=O. The van der Waals surface area contributed by atoms with Gasteiger partial charge in [0.2, 0.25) is 0 Å². The van der Waals surface area contributed by atoms with Gasteiger partial charge >= 0.3 is 0 Å². The lowest BCUT2D eigenvalue weighted by molar-refractivity contribution is -0.123. The first kappa shape index (κ1) is 5.15. The highest BCUT2D eigenvalue weighted by atomic mass is 16.2. The summed E-state index contributed by atoms with van der Waals surface area (Å²) in [6.07, 6.45) is 0. The van der Waals surface area contributed by atoms with Crippen LogP contribution in [0.25, 0.3) is 0 Å². The van der Waals surface area contributed by atoms with E-state index in [0.29, 0.717) is 12.4 Å². The first-order valence-electron chi connectivity index (χ1n) is 2.40. The molecule has 1 heterocycles. The van der Waals surface area contributed by atoms with Crippen LogP contribution in [0.5, 0.6) is 0 Å². The lowest BCUT2D eigenvalue weighted by atomic mass is 10.5. The molecule has 0 saturated carbocycles. The van der Waals surface area contributed by atoms with Crippen LogP contribution in [0, 0.1) is 0 Å². The minimum absolute atomic E-state index is 0.00926. The quantitative estimate of drug-likeness (QED) is 0.429. The van der Waals surface area contributed by atoms with E-state index in [4.69, 9.17) is 0 Å². The second-order valence-electron chi connectivity index (χ2n) is 1.82. The van der Waals surface area contributed by atoms with E-state index < -0.39 is 0 Å². The molecule has 0 aromatic rings. The summed E-state index contributed by atoms with van der Waals surface area (Å²) < 4.78 is 0. The Kier molecular flexibility index (Phi) is 0.970. The van der Waals surface area contributed by atoms with Crippen LogP contribution in [0.2, 0.25) is 0 Å². The van der Waals surface area contributed by atoms with Gasteiger partial charge in [-0.05, 0) is 0 Å². The molecule has 0 aromatic carbocycles. The van der Waals surface area contributed by atoms with Crippen molar-refractivity contribution in [1.82, 2.24) is 10.2 Å². The van der Waals surface area contributed by atoms with Crippen molar-refractivity contribution in [3.05, 3.63) is 12.3 Å². The Bertz CT molecular complexity index is 141. The van der Waals surface area contributed by atoms with Crippen molar-refractivity contribution in [3.8, 4) is 0 Å². The van der Waals surface area contributed by atoms with Crippen molar-refractivity contribution in [2.75, 3.05) is 13.7 Å². The molecule has 0 atom stereocenters. The van der Waals surface area contributed by atoms with Crippen LogP contribution in [0.3, 0.4) is 0 Å². The lowest BCUT2D eigenvalue weighted by Gasteiger charge is -2.01. The van der Waals surface area contributed by atoms with E-state index in [1.165, 1.54) is 0 Å². The molecule has 8 heavy (non-hydrogen) atoms. The van der Waals surface area contributed by atoms with Gasteiger partial charge < -0.3 is 10.2 Å². The number of likely N-dealkylation sites (N-methyl/N-ethyl adjacent to an activating group) is 1. The molecule has 0 aliphatic carbocycles. The summed E-state index contributed by atoms with van der Waals surface area (Å²) in [5.41, 5.74) is 0.493. The van der Waals surface area contributed by atoms with Crippen LogP contribution in [-0.2, 0) is 4.79 Å². The molecular weight excluding hydrogens is 104 g/mol. The Morgan fingerprint density at radius 3 is 2.62 bits per heavy atom. The van der Waals surface area contributed by atoms with Gasteiger partial charge in [0.1, 0.15) is 0 Å². The Morgan fingerprint density at radius 1 is 1.88 bits per heavy atom. The first-order chi connectivity index (χ1) is 3.72. The normalized spacial score (nSPS) is 19.4. The van der Waals surface area contributed by atoms with Crippen LogP contribution in [0.1, 0.15) is 0 Å². The molecule has 0 spiro atoms. The summed E-state index contributed by atoms with van der Waals surface area (Å²) in [7, 11) is 1.73. The maximum atomic E-state index is 10.7. The predicted molar refractivity (Wildman–Crippen MR) is 29.9 cm³/mol. The average Bonchev–Trinajstić information content (AvgIpc) is 1.98. The Balaban J connectivity index is 2.71. The topological polar surface area (TPSA) is 32.3 Å². The van der Waals surface area contributed by atoms with Gasteiger partial charge in [0.15, 0.2) is 0 Å². The third-order valence-corrected chi connectivity index (χ3v) is 1.13. The zero-order valence-corrected chi connectivity index (χ0v) is 4.77. The van der Waals surface area contributed by atoms with E-state index in [9.17, 15) is 4.79 Å². The van der Waals surface area contributed by atoms with Crippen molar-refractivity contribution in [2.45, 2.75) is 0 Å². The number of hydrogen-bond acceptors (Lipinski definition) is 2. The molecule has 3 nitrogen and oxygen atoms in total. The van der Waals surface area contributed by atoms with Crippen LogP contribution in [0.4, 0.5) is 0 Å². The van der Waals surface area contributed by atoms with Crippen LogP contribution < -0.4 is 5.32 Å². The fourth-order valence-electron chi connectivity index (χ4n) is 0.592. The maximum absolute atomic E-state index is 10.7. The number of nitrogens with zero attached hydrogens (tertiary/aromatic N) is 1. The lowest BCUT2D eigenvalue weighted by Crippen LogP contribution is -2.19. The van der Waals surface area contributed by atoms with Gasteiger partial charge in [-0.25, -0.2) is 0 Å². The molecule has 44 valence electrons. The molecule has 0 radical (unpaired) electrons. The molecule has 1 amide bonds. The number of hydrogen-bond donors (Lipinski definition) is 1. The van der Waals surface area contributed by atoms with Crippen LogP contribution in [-0.4, -0.2) is 24.5 Å². The van der Waals surface area contributed by atoms with Crippen molar-refractivity contribution < 1.29 is 4.79 Å². The Hall–Kier alpha value is -0.990. The Labute approximate surface area is 48.0 Å². The summed E-state index contributed by atoms with van der Waals surface area (Å²) in [5.74, 6) is -0.00926. The number of amides is 1. The molecule has 1 aliphatic heterocycles. The van der Waals surface area contributed by atoms with Crippen LogP contribution in [0.15, 0.2) is 12.3 Å². The van der Waals surface area contributed by atoms with Crippen molar-refractivity contribution in [1.29, 1.82) is 0 Å². The monoisotopic (exact) mass is 112 g/mol. The molecule has 0 bridgehead atoms. The minimum atomic E-state index is -0.00926. The molecule has 1 N–H and O–H groups in total. The zero-order valence-electron chi connectivity index (χ0n) is 4.77. The molecule has 1 aliphatic rings. The van der Waals surface area contributed by atoms with Crippen molar-refractivity contribution in [2.24, 2.45) is 0 Å². The second kappa shape index (κ2) is 1.51. The van der Waals surface area contributed by atoms with E-state index in [2.05, 4.69) is 11.9 Å². The van der Waals surface area contributed by atoms with E-state index in [1.54, 1.807) is 11.9 Å². The third kappa shape index (κ3) is 0.559. The van der Waals surface area contributed by atoms with E-state index in [-0.39, 0.29) is 5.91 Å². The first-order valence-corrected chi connectivity index (χ1v) is 2.40. The van der Waals surface area contributed by atoms with Crippen LogP contribution >= 0.6 is 0 Å². The number of rotatable bonds is 0. The second-order valence-corrected chi connectivity index (χ2v) is 1.82. The largest absolute Gasteiger partial charge is 0.364 e. The summed E-state index contributed by atoms with van der Waals surface area (Å²) in [6.45, 7) is 4.08. The number of carbonyl (C=O) groups is 1. The van der Waals surface area contributed by atoms with Gasteiger partial charge in [-0.15, -0.1) is 0 Å². The standard InChI is InChI=1S/C5H8N2O/c1-4-5(8)7(2)3-6-4/h6H,1,3H2,2H3. The van der Waals surface area contributed by atoms with Crippen molar-refractivity contribution >= 4 is 5.91 Å². The molecule has 1 saturated heterocycles. The summed E-state index contributed by atoms with van der Waals surface area (Å²) in [4.78, 5) is 12.2.